The van der Waals surface area contributed by atoms with Gasteiger partial charge in [-0.1, -0.05) is 0 Å². The van der Waals surface area contributed by atoms with Crippen LogP contribution in [0, 0.1) is 26.7 Å². The summed E-state index contributed by atoms with van der Waals surface area (Å²) in [5.74, 6) is -3.16. The van der Waals surface area contributed by atoms with Gasteiger partial charge < -0.3 is 5.32 Å². The summed E-state index contributed by atoms with van der Waals surface area (Å²) in [5, 5.41) is 15.6. The molecule has 1 N–H and O–H groups in total. The molecule has 1 aliphatic carbocycles. The topological polar surface area (TPSA) is 115 Å². The minimum absolute atomic E-state index is 0.0190. The van der Waals surface area contributed by atoms with Crippen LogP contribution in [-0.2, 0) is 12.8 Å². The van der Waals surface area contributed by atoms with E-state index in [9.17, 15) is 28.6 Å². The van der Waals surface area contributed by atoms with Crippen LogP contribution >= 0.6 is 11.3 Å². The molecule has 1 heterocycles. The number of halogens is 2. The number of benzene rings is 2. The third-order valence-corrected chi connectivity index (χ3v) is 5.83. The maximum Gasteiger partial charge on any atom is 0.284 e. The molecule has 1 aliphatic rings. The van der Waals surface area contributed by atoms with E-state index in [0.29, 0.717) is 29.8 Å². The number of nitro benzene ring substituents is 1. The van der Waals surface area contributed by atoms with Gasteiger partial charge in [-0.15, -0.1) is 16.2 Å². The lowest BCUT2D eigenvalue weighted by Crippen LogP contribution is -2.14. The molecule has 0 atom stereocenters. The summed E-state index contributed by atoms with van der Waals surface area (Å²) in [6, 6.07) is 6.21. The Morgan fingerprint density at radius 1 is 1.23 bits per heavy atom. The molecule has 0 saturated heterocycles. The van der Waals surface area contributed by atoms with Crippen molar-refractivity contribution < 1.29 is 18.5 Å². The summed E-state index contributed by atoms with van der Waals surface area (Å²) in [6.45, 7) is 0. The monoisotopic (exact) mass is 430 g/mol. The lowest BCUT2D eigenvalue weighted by Gasteiger charge is -2.07. The predicted octanol–water partition coefficient (Wildman–Crippen LogP) is 5.14. The van der Waals surface area contributed by atoms with Crippen molar-refractivity contribution in [3.05, 3.63) is 73.3 Å². The van der Waals surface area contributed by atoms with E-state index in [1.54, 1.807) is 6.07 Å². The van der Waals surface area contributed by atoms with Crippen molar-refractivity contribution in [1.82, 2.24) is 4.98 Å². The predicted molar refractivity (Wildman–Crippen MR) is 106 cm³/mol. The smallest absolute Gasteiger partial charge is 0.284 e. The van der Waals surface area contributed by atoms with Gasteiger partial charge >= 0.3 is 0 Å². The molecule has 0 aliphatic heterocycles. The lowest BCUT2D eigenvalue weighted by molar-refractivity contribution is -0.384. The number of aromatic nitrogens is 1. The van der Waals surface area contributed by atoms with Gasteiger partial charge in [-0.2, -0.15) is 0 Å². The van der Waals surface area contributed by atoms with Crippen LogP contribution in [0.15, 0.2) is 35.5 Å². The number of aryl methyl sites for hydroxylation is 2. The number of fused-ring (bicyclic) bond motifs is 3. The van der Waals surface area contributed by atoms with Crippen molar-refractivity contribution in [3.8, 4) is 10.4 Å². The first-order valence-electron chi connectivity index (χ1n) is 8.79. The average Bonchev–Trinajstić information content (AvgIpc) is 3.07. The Morgan fingerprint density at radius 3 is 2.77 bits per heavy atom. The quantitative estimate of drug-likeness (QED) is 0.350. The summed E-state index contributed by atoms with van der Waals surface area (Å²) in [4.78, 5) is 38.8. The van der Waals surface area contributed by atoms with Crippen LogP contribution < -0.4 is 5.32 Å². The summed E-state index contributed by atoms with van der Waals surface area (Å²) >= 11 is 1.03. The Morgan fingerprint density at radius 2 is 2.03 bits per heavy atom. The minimum Gasteiger partial charge on any atom is -0.315 e. The Kier molecular flexibility index (Phi) is 5.04. The zero-order chi connectivity index (χ0) is 21.4. The highest BCUT2D eigenvalue weighted by Crippen LogP contribution is 2.38. The molecule has 0 fully saturated rings. The molecule has 1 aromatic heterocycles. The first kappa shape index (κ1) is 19.7. The Hall–Kier alpha value is -3.60. The van der Waals surface area contributed by atoms with Gasteiger partial charge in [0.25, 0.3) is 11.6 Å². The summed E-state index contributed by atoms with van der Waals surface area (Å²) in [7, 11) is 0. The van der Waals surface area contributed by atoms with Gasteiger partial charge in [-0.05, 0) is 53.8 Å². The molecule has 3 aromatic rings. The minimum atomic E-state index is -1.27. The molecule has 1 amide bonds. The van der Waals surface area contributed by atoms with E-state index in [1.165, 1.54) is 12.1 Å². The Bertz CT molecular complexity index is 1210. The summed E-state index contributed by atoms with van der Waals surface area (Å²) < 4.78 is 28.1. The normalized spacial score (nSPS) is 12.5. The van der Waals surface area contributed by atoms with E-state index in [2.05, 4.69) is 15.5 Å². The lowest BCUT2D eigenvalue weighted by atomic mass is 10.0. The number of thiazole rings is 1. The maximum atomic E-state index is 14.2. The van der Waals surface area contributed by atoms with Gasteiger partial charge in [0.15, 0.2) is 10.8 Å². The number of anilines is 1. The van der Waals surface area contributed by atoms with Gasteiger partial charge in [0.2, 0.25) is 0 Å². The second kappa shape index (κ2) is 7.67. The molecule has 30 heavy (non-hydrogen) atoms. The van der Waals surface area contributed by atoms with Crippen LogP contribution in [0.3, 0.4) is 0 Å². The van der Waals surface area contributed by atoms with E-state index in [4.69, 9.17) is 0 Å². The Balaban J connectivity index is 1.69. The molecular weight excluding hydrogens is 418 g/mol. The molecular formula is C19H12F2N4O4S. The van der Waals surface area contributed by atoms with Crippen molar-refractivity contribution >= 4 is 34.3 Å². The first-order chi connectivity index (χ1) is 14.4. The van der Waals surface area contributed by atoms with Crippen LogP contribution in [0.5, 0.6) is 0 Å². The van der Waals surface area contributed by atoms with Gasteiger partial charge in [0.05, 0.1) is 15.5 Å². The number of amides is 1. The van der Waals surface area contributed by atoms with Gasteiger partial charge in [-0.3, -0.25) is 14.9 Å². The first-order valence-corrected chi connectivity index (χ1v) is 9.60. The van der Waals surface area contributed by atoms with Crippen molar-refractivity contribution in [1.29, 1.82) is 0 Å². The molecule has 4 rings (SSSR count). The van der Waals surface area contributed by atoms with Gasteiger partial charge in [0, 0.05) is 12.1 Å². The molecule has 0 bridgehead atoms. The van der Waals surface area contributed by atoms with Crippen LogP contribution in [0.1, 0.15) is 27.5 Å². The van der Waals surface area contributed by atoms with Crippen molar-refractivity contribution in [2.24, 2.45) is 5.18 Å². The van der Waals surface area contributed by atoms with E-state index < -0.39 is 33.8 Å². The van der Waals surface area contributed by atoms with Crippen LogP contribution in [0.25, 0.3) is 10.4 Å². The fourth-order valence-corrected chi connectivity index (χ4v) is 4.36. The number of non-ortho nitro benzene ring substituents is 1. The number of nitrogens with one attached hydrogen (secondary N) is 1. The van der Waals surface area contributed by atoms with Gasteiger partial charge in [0.1, 0.15) is 17.2 Å². The van der Waals surface area contributed by atoms with E-state index in [1.807, 2.05) is 0 Å². The van der Waals surface area contributed by atoms with Crippen LogP contribution in [-0.4, -0.2) is 15.8 Å². The van der Waals surface area contributed by atoms with Crippen molar-refractivity contribution in [3.63, 3.8) is 0 Å². The fourth-order valence-electron chi connectivity index (χ4n) is 3.29. The van der Waals surface area contributed by atoms with Crippen molar-refractivity contribution in [2.45, 2.75) is 19.3 Å². The summed E-state index contributed by atoms with van der Waals surface area (Å²) in [6.07, 6.45) is 1.86. The molecule has 0 saturated carbocycles. The molecule has 0 unspecified atom stereocenters. The highest BCUT2D eigenvalue weighted by molar-refractivity contribution is 7.17. The third kappa shape index (κ3) is 3.43. The highest BCUT2D eigenvalue weighted by atomic mass is 32.1. The number of nitroso groups, excluding NO2 is 1. The Labute approximate surface area is 171 Å². The zero-order valence-corrected chi connectivity index (χ0v) is 16.0. The van der Waals surface area contributed by atoms with Gasteiger partial charge in [-0.25, -0.2) is 13.8 Å². The largest absolute Gasteiger partial charge is 0.315 e. The molecule has 0 spiro atoms. The van der Waals surface area contributed by atoms with E-state index in [-0.39, 0.29) is 10.7 Å². The molecule has 2 aromatic carbocycles. The van der Waals surface area contributed by atoms with E-state index >= 15 is 0 Å². The number of hydrogen-bond donors (Lipinski definition) is 1. The highest BCUT2D eigenvalue weighted by Gasteiger charge is 2.25. The second-order valence-electron chi connectivity index (χ2n) is 6.55. The third-order valence-electron chi connectivity index (χ3n) is 4.70. The second-order valence-corrected chi connectivity index (χ2v) is 7.55. The number of nitrogens with zero attached hydrogens (tertiary/aromatic N) is 3. The molecule has 11 heteroatoms. The number of nitro groups is 1. The van der Waals surface area contributed by atoms with Crippen LogP contribution in [0.4, 0.5) is 25.8 Å². The molecule has 8 nitrogen and oxygen atoms in total. The summed E-state index contributed by atoms with van der Waals surface area (Å²) in [5.41, 5.74) is 0.738. The standard InChI is InChI=1S/C19H12F2N4O4S/c20-12-6-7-13(24-27)15(21)16(12)23-18(26)19-22-14-3-1-2-9-8-10(25(28)29)4-5-11(9)17(14)30-19/h4-8H,1-3H2,(H,23,26). The fraction of sp³-hybridized carbons (Fsp3) is 0.158. The van der Waals surface area contributed by atoms with Crippen molar-refractivity contribution in [2.75, 3.05) is 5.32 Å². The van der Waals surface area contributed by atoms with E-state index in [0.717, 1.165) is 34.6 Å². The molecule has 0 radical (unpaired) electrons. The maximum absolute atomic E-state index is 14.2. The SMILES string of the molecule is O=Nc1ccc(F)c(NC(=O)c2nc3c(s2)-c2ccc([N+](=O)[O-])cc2CCC3)c1F. The number of rotatable bonds is 4. The van der Waals surface area contributed by atoms with Crippen LogP contribution in [0.2, 0.25) is 0 Å². The molecule has 152 valence electrons. The number of carbonyl (C=O) groups excluding carboxylic acids is 1. The number of hydrogen-bond acceptors (Lipinski definition) is 7. The zero-order valence-electron chi connectivity index (χ0n) is 15.1. The number of carbonyl (C=O) groups is 1. The average molecular weight is 430 g/mol.